The first kappa shape index (κ1) is 21.2. The number of ether oxygens (including phenoxy) is 1. The molecule has 2 N–H and O–H groups in total. The topological polar surface area (TPSA) is 67.4 Å². The average Bonchev–Trinajstić information content (AvgIpc) is 2.80. The summed E-state index contributed by atoms with van der Waals surface area (Å²) in [5, 5.41) is 3.47. The second-order valence-electron chi connectivity index (χ2n) is 6.15. The smallest absolute Gasteiger partial charge is 0.215 e. The van der Waals surface area contributed by atoms with E-state index in [2.05, 4.69) is 10.0 Å². The first-order valence-electron chi connectivity index (χ1n) is 8.43. The molecule has 138 valence electrons. The van der Waals surface area contributed by atoms with E-state index in [1.807, 2.05) is 0 Å². The fourth-order valence-corrected chi connectivity index (χ4v) is 4.13. The SMILES string of the molecule is COc1cccc(CS(=O)(=O)NCCNC2CCCCCC2)c1.Cl. The lowest BCUT2D eigenvalue weighted by Crippen LogP contribution is -2.37. The predicted molar refractivity (Wildman–Crippen MR) is 100 cm³/mol. The lowest BCUT2D eigenvalue weighted by molar-refractivity contribution is 0.414. The highest BCUT2D eigenvalue weighted by molar-refractivity contribution is 7.88. The van der Waals surface area contributed by atoms with Crippen LogP contribution in [0.1, 0.15) is 44.1 Å². The summed E-state index contributed by atoms with van der Waals surface area (Å²) in [6.07, 6.45) is 7.61. The number of methoxy groups -OCH3 is 1. The minimum Gasteiger partial charge on any atom is -0.497 e. The van der Waals surface area contributed by atoms with Gasteiger partial charge in [-0.1, -0.05) is 37.8 Å². The van der Waals surface area contributed by atoms with Gasteiger partial charge in [0, 0.05) is 19.1 Å². The van der Waals surface area contributed by atoms with Crippen LogP contribution in [0.15, 0.2) is 24.3 Å². The quantitative estimate of drug-likeness (QED) is 0.540. The van der Waals surface area contributed by atoms with Crippen LogP contribution < -0.4 is 14.8 Å². The van der Waals surface area contributed by atoms with E-state index >= 15 is 0 Å². The van der Waals surface area contributed by atoms with Crippen LogP contribution in [0.5, 0.6) is 5.75 Å². The number of nitrogens with one attached hydrogen (secondary N) is 2. The maximum atomic E-state index is 12.1. The molecule has 1 aliphatic rings. The van der Waals surface area contributed by atoms with E-state index in [4.69, 9.17) is 4.74 Å². The van der Waals surface area contributed by atoms with Crippen molar-refractivity contribution in [3.63, 3.8) is 0 Å². The number of hydrogen-bond donors (Lipinski definition) is 2. The summed E-state index contributed by atoms with van der Waals surface area (Å²) in [5.41, 5.74) is 0.730. The van der Waals surface area contributed by atoms with Gasteiger partial charge in [0.05, 0.1) is 12.9 Å². The van der Waals surface area contributed by atoms with Crippen molar-refractivity contribution in [1.29, 1.82) is 0 Å². The van der Waals surface area contributed by atoms with Crippen LogP contribution >= 0.6 is 12.4 Å². The van der Waals surface area contributed by atoms with Crippen molar-refractivity contribution >= 4 is 22.4 Å². The highest BCUT2D eigenvalue weighted by atomic mass is 35.5. The predicted octanol–water partition coefficient (Wildman–Crippen LogP) is 2.85. The van der Waals surface area contributed by atoms with Gasteiger partial charge in [0.15, 0.2) is 0 Å². The molecule has 1 aromatic carbocycles. The van der Waals surface area contributed by atoms with Gasteiger partial charge in [0.1, 0.15) is 5.75 Å². The minimum absolute atomic E-state index is 0. The third-order valence-corrected chi connectivity index (χ3v) is 5.58. The molecule has 5 nitrogen and oxygen atoms in total. The Morgan fingerprint density at radius 2 is 1.83 bits per heavy atom. The average molecular weight is 377 g/mol. The number of benzene rings is 1. The fourth-order valence-electron chi connectivity index (χ4n) is 3.00. The normalized spacial score (nSPS) is 16.2. The van der Waals surface area contributed by atoms with Crippen LogP contribution in [-0.4, -0.2) is 34.7 Å². The van der Waals surface area contributed by atoms with Crippen LogP contribution in [0.4, 0.5) is 0 Å². The Bertz CT molecular complexity index is 573. The molecule has 2 rings (SSSR count). The highest BCUT2D eigenvalue weighted by Crippen LogP contribution is 2.17. The van der Waals surface area contributed by atoms with Gasteiger partial charge in [-0.2, -0.15) is 0 Å². The Labute approximate surface area is 152 Å². The van der Waals surface area contributed by atoms with Crippen molar-refractivity contribution in [3.05, 3.63) is 29.8 Å². The van der Waals surface area contributed by atoms with E-state index in [1.54, 1.807) is 31.4 Å². The maximum absolute atomic E-state index is 12.1. The number of hydrogen-bond acceptors (Lipinski definition) is 4. The molecule has 0 aromatic heterocycles. The van der Waals surface area contributed by atoms with Crippen molar-refractivity contribution in [2.45, 2.75) is 50.3 Å². The second kappa shape index (κ2) is 10.9. The van der Waals surface area contributed by atoms with E-state index in [1.165, 1.54) is 38.5 Å². The summed E-state index contributed by atoms with van der Waals surface area (Å²) in [6, 6.07) is 7.70. The molecule has 24 heavy (non-hydrogen) atoms. The van der Waals surface area contributed by atoms with Gasteiger partial charge in [-0.05, 0) is 30.5 Å². The molecular formula is C17H29ClN2O3S. The molecule has 1 aliphatic carbocycles. The molecule has 1 fully saturated rings. The summed E-state index contributed by atoms with van der Waals surface area (Å²) in [7, 11) is -1.74. The van der Waals surface area contributed by atoms with Crippen molar-refractivity contribution < 1.29 is 13.2 Å². The Morgan fingerprint density at radius 1 is 1.12 bits per heavy atom. The van der Waals surface area contributed by atoms with E-state index in [0.717, 1.165) is 5.56 Å². The second-order valence-corrected chi connectivity index (χ2v) is 7.95. The standard InChI is InChI=1S/C17H28N2O3S.ClH/c1-22-17-10-6-7-15(13-17)14-23(20,21)19-12-11-18-16-8-4-2-3-5-9-16;/h6-7,10,13,16,18-19H,2-5,8-9,11-12,14H2,1H3;1H. The number of halogens is 1. The molecule has 0 heterocycles. The molecular weight excluding hydrogens is 348 g/mol. The number of sulfonamides is 1. The zero-order valence-corrected chi connectivity index (χ0v) is 15.9. The summed E-state index contributed by atoms with van der Waals surface area (Å²) in [5.74, 6) is 0.654. The van der Waals surface area contributed by atoms with Crippen LogP contribution in [0.3, 0.4) is 0 Å². The van der Waals surface area contributed by atoms with E-state index in [9.17, 15) is 8.42 Å². The monoisotopic (exact) mass is 376 g/mol. The molecule has 1 saturated carbocycles. The number of rotatable bonds is 8. The molecule has 0 atom stereocenters. The largest absolute Gasteiger partial charge is 0.497 e. The third kappa shape index (κ3) is 7.83. The zero-order valence-electron chi connectivity index (χ0n) is 14.3. The van der Waals surface area contributed by atoms with Crippen molar-refractivity contribution in [2.75, 3.05) is 20.2 Å². The van der Waals surface area contributed by atoms with Gasteiger partial charge in [-0.25, -0.2) is 13.1 Å². The van der Waals surface area contributed by atoms with Crippen molar-refractivity contribution in [1.82, 2.24) is 10.0 Å². The minimum atomic E-state index is -3.32. The lowest BCUT2D eigenvalue weighted by Gasteiger charge is -2.16. The summed E-state index contributed by atoms with van der Waals surface area (Å²) < 4.78 is 32.0. The van der Waals surface area contributed by atoms with Crippen molar-refractivity contribution in [3.8, 4) is 5.75 Å². The Balaban J connectivity index is 0.00000288. The summed E-state index contributed by atoms with van der Waals surface area (Å²) in [4.78, 5) is 0. The van der Waals surface area contributed by atoms with Crippen LogP contribution in [0.25, 0.3) is 0 Å². The molecule has 0 unspecified atom stereocenters. The van der Waals surface area contributed by atoms with Gasteiger partial charge in [-0.15, -0.1) is 12.4 Å². The Morgan fingerprint density at radius 3 is 2.50 bits per heavy atom. The molecule has 0 radical (unpaired) electrons. The van der Waals surface area contributed by atoms with Gasteiger partial charge in [0.25, 0.3) is 0 Å². The van der Waals surface area contributed by atoms with E-state index in [-0.39, 0.29) is 18.2 Å². The first-order chi connectivity index (χ1) is 11.1. The molecule has 0 aliphatic heterocycles. The van der Waals surface area contributed by atoms with Gasteiger partial charge in [-0.3, -0.25) is 0 Å². The maximum Gasteiger partial charge on any atom is 0.215 e. The fraction of sp³-hybridized carbons (Fsp3) is 0.647. The summed E-state index contributed by atoms with van der Waals surface area (Å²) >= 11 is 0. The van der Waals surface area contributed by atoms with Crippen LogP contribution in [0, 0.1) is 0 Å². The highest BCUT2D eigenvalue weighted by Gasteiger charge is 2.13. The molecule has 7 heteroatoms. The van der Waals surface area contributed by atoms with E-state index in [0.29, 0.717) is 24.9 Å². The molecule has 0 spiro atoms. The molecule has 0 bridgehead atoms. The lowest BCUT2D eigenvalue weighted by atomic mass is 10.1. The first-order valence-corrected chi connectivity index (χ1v) is 10.1. The summed E-state index contributed by atoms with van der Waals surface area (Å²) in [6.45, 7) is 1.12. The van der Waals surface area contributed by atoms with Crippen molar-refractivity contribution in [2.24, 2.45) is 0 Å². The van der Waals surface area contributed by atoms with Crippen LogP contribution in [-0.2, 0) is 15.8 Å². The third-order valence-electron chi connectivity index (χ3n) is 4.23. The van der Waals surface area contributed by atoms with Crippen LogP contribution in [0.2, 0.25) is 0 Å². The molecule has 0 amide bonds. The molecule has 1 aromatic rings. The Kier molecular flexibility index (Phi) is 9.66. The Hall–Kier alpha value is -0.820. The van der Waals surface area contributed by atoms with E-state index < -0.39 is 10.0 Å². The van der Waals surface area contributed by atoms with Gasteiger partial charge < -0.3 is 10.1 Å². The molecule has 0 saturated heterocycles. The zero-order chi connectivity index (χ0) is 16.5. The van der Waals surface area contributed by atoms with Gasteiger partial charge >= 0.3 is 0 Å². The van der Waals surface area contributed by atoms with Gasteiger partial charge in [0.2, 0.25) is 10.0 Å².